The quantitative estimate of drug-likeness (QED) is 0.807. The van der Waals surface area contributed by atoms with Gasteiger partial charge >= 0.3 is 0 Å². The molecule has 1 saturated carbocycles. The number of fused-ring (bicyclic) bond motifs is 1. The zero-order chi connectivity index (χ0) is 17.4. The Labute approximate surface area is 145 Å². The topological polar surface area (TPSA) is 118 Å². The smallest absolute Gasteiger partial charge is 0.167 e. The molecule has 1 saturated heterocycles. The number of ether oxygens (including phenoxy) is 3. The highest BCUT2D eigenvalue weighted by Gasteiger charge is 2.46. The van der Waals surface area contributed by atoms with Crippen molar-refractivity contribution in [2.45, 2.75) is 56.3 Å². The maximum Gasteiger partial charge on any atom is 0.167 e. The maximum atomic E-state index is 10.6. The minimum absolute atomic E-state index is 0.262. The Kier molecular flexibility index (Phi) is 4.55. The third kappa shape index (κ3) is 2.97. The number of aromatic nitrogens is 4. The minimum atomic E-state index is -0.798. The first-order valence-electron chi connectivity index (χ1n) is 8.60. The van der Waals surface area contributed by atoms with Gasteiger partial charge in [-0.15, -0.1) is 0 Å². The van der Waals surface area contributed by atoms with Crippen LogP contribution in [0.15, 0.2) is 12.7 Å². The minimum Gasteiger partial charge on any atom is -0.387 e. The van der Waals surface area contributed by atoms with Crippen molar-refractivity contribution in [2.75, 3.05) is 19.5 Å². The van der Waals surface area contributed by atoms with Gasteiger partial charge in [-0.1, -0.05) is 12.8 Å². The Morgan fingerprint density at radius 3 is 2.88 bits per heavy atom. The Balaban J connectivity index is 1.54. The fourth-order valence-electron chi connectivity index (χ4n) is 3.68. The first kappa shape index (κ1) is 16.6. The van der Waals surface area contributed by atoms with Crippen LogP contribution >= 0.6 is 0 Å². The molecule has 1 aliphatic heterocycles. The molecule has 3 N–H and O–H groups in total. The Morgan fingerprint density at radius 1 is 1.32 bits per heavy atom. The lowest BCUT2D eigenvalue weighted by atomic mass is 10.1. The Morgan fingerprint density at radius 2 is 2.12 bits per heavy atom. The monoisotopic (exact) mass is 349 g/mol. The standard InChI is InChI=1S/C16H23N5O4/c1-23-13-12(22)10(6-24-9-4-2-3-5-9)25-16(13)21-8-20-11-14(17)18-7-19-15(11)21/h7-10,12-13,16,22H,2-6H2,1H3,(H2,17,18,19)/t10-,12-,13-,16-/m1/s1. The van der Waals surface area contributed by atoms with Crippen LogP contribution in [-0.4, -0.2) is 62.8 Å². The van der Waals surface area contributed by atoms with Gasteiger partial charge in [-0.2, -0.15) is 0 Å². The molecule has 9 heteroatoms. The molecule has 0 amide bonds. The zero-order valence-electron chi connectivity index (χ0n) is 14.1. The molecule has 2 aliphatic rings. The molecular weight excluding hydrogens is 326 g/mol. The van der Waals surface area contributed by atoms with E-state index < -0.39 is 24.5 Å². The van der Waals surface area contributed by atoms with Crippen LogP contribution < -0.4 is 5.73 Å². The van der Waals surface area contributed by atoms with Gasteiger partial charge < -0.3 is 25.1 Å². The molecule has 2 aromatic rings. The molecule has 0 aromatic carbocycles. The van der Waals surface area contributed by atoms with Gasteiger partial charge in [-0.05, 0) is 12.8 Å². The van der Waals surface area contributed by atoms with Crippen LogP contribution in [0.25, 0.3) is 11.2 Å². The second-order valence-corrected chi connectivity index (χ2v) is 6.58. The van der Waals surface area contributed by atoms with Gasteiger partial charge in [-0.3, -0.25) is 4.57 Å². The summed E-state index contributed by atoms with van der Waals surface area (Å²) in [6.07, 6.45) is 5.39. The molecule has 0 bridgehead atoms. The summed E-state index contributed by atoms with van der Waals surface area (Å²) in [6.45, 7) is 0.339. The van der Waals surface area contributed by atoms with Gasteiger partial charge in [0, 0.05) is 7.11 Å². The molecule has 3 heterocycles. The van der Waals surface area contributed by atoms with Gasteiger partial charge in [0.2, 0.25) is 0 Å². The van der Waals surface area contributed by atoms with E-state index in [0.717, 1.165) is 12.8 Å². The molecular formula is C16H23N5O4. The molecule has 2 aromatic heterocycles. The largest absolute Gasteiger partial charge is 0.387 e. The molecule has 1 aliphatic carbocycles. The van der Waals surface area contributed by atoms with Crippen molar-refractivity contribution in [3.05, 3.63) is 12.7 Å². The predicted molar refractivity (Wildman–Crippen MR) is 88.7 cm³/mol. The van der Waals surface area contributed by atoms with Crippen molar-refractivity contribution in [3.8, 4) is 0 Å². The fraction of sp³-hybridized carbons (Fsp3) is 0.688. The van der Waals surface area contributed by atoms with Crippen LogP contribution in [0.2, 0.25) is 0 Å². The first-order valence-corrected chi connectivity index (χ1v) is 8.60. The van der Waals surface area contributed by atoms with Crippen LogP contribution in [-0.2, 0) is 14.2 Å². The molecule has 4 rings (SSSR count). The molecule has 0 radical (unpaired) electrons. The third-order valence-corrected chi connectivity index (χ3v) is 5.04. The van der Waals surface area contributed by atoms with E-state index in [1.165, 1.54) is 19.2 Å². The molecule has 9 nitrogen and oxygen atoms in total. The number of nitrogen functional groups attached to an aromatic ring is 1. The lowest BCUT2D eigenvalue weighted by molar-refractivity contribution is -0.0811. The fourth-order valence-corrected chi connectivity index (χ4v) is 3.68. The molecule has 2 fully saturated rings. The molecule has 136 valence electrons. The van der Waals surface area contributed by atoms with Crippen molar-refractivity contribution < 1.29 is 19.3 Å². The van der Waals surface area contributed by atoms with E-state index in [1.54, 1.807) is 18.0 Å². The molecule has 0 unspecified atom stereocenters. The van der Waals surface area contributed by atoms with Crippen molar-refractivity contribution >= 4 is 17.0 Å². The number of nitrogens with two attached hydrogens (primary N) is 1. The predicted octanol–water partition coefficient (Wildman–Crippen LogP) is 0.641. The number of aliphatic hydroxyl groups is 1. The molecule has 25 heavy (non-hydrogen) atoms. The number of aliphatic hydroxyl groups excluding tert-OH is 1. The number of methoxy groups -OCH3 is 1. The average Bonchev–Trinajstić information content (AvgIpc) is 3.32. The van der Waals surface area contributed by atoms with E-state index in [-0.39, 0.29) is 6.10 Å². The third-order valence-electron chi connectivity index (χ3n) is 5.04. The summed E-state index contributed by atoms with van der Waals surface area (Å²) in [7, 11) is 1.55. The summed E-state index contributed by atoms with van der Waals surface area (Å²) in [5.41, 5.74) is 6.89. The highest BCUT2D eigenvalue weighted by atomic mass is 16.6. The van der Waals surface area contributed by atoms with Crippen molar-refractivity contribution in [3.63, 3.8) is 0 Å². The van der Waals surface area contributed by atoms with Crippen molar-refractivity contribution in [1.29, 1.82) is 0 Å². The summed E-state index contributed by atoms with van der Waals surface area (Å²) >= 11 is 0. The maximum absolute atomic E-state index is 10.6. The van der Waals surface area contributed by atoms with E-state index >= 15 is 0 Å². The number of hydrogen-bond acceptors (Lipinski definition) is 8. The zero-order valence-corrected chi connectivity index (χ0v) is 14.1. The van der Waals surface area contributed by atoms with Gasteiger partial charge in [0.15, 0.2) is 17.7 Å². The normalized spacial score (nSPS) is 30.5. The molecule has 0 spiro atoms. The SMILES string of the molecule is CO[C@@H]1[C@H](O)[C@@H](COC2CCCC2)O[C@H]1n1cnc2c(N)ncnc21. The Bertz CT molecular complexity index is 732. The number of imidazole rings is 1. The van der Waals surface area contributed by atoms with Crippen LogP contribution in [0, 0.1) is 0 Å². The summed E-state index contributed by atoms with van der Waals surface area (Å²) in [5, 5.41) is 10.6. The summed E-state index contributed by atoms with van der Waals surface area (Å²) in [6, 6.07) is 0. The van der Waals surface area contributed by atoms with E-state index in [4.69, 9.17) is 19.9 Å². The molecule has 4 atom stereocenters. The second-order valence-electron chi connectivity index (χ2n) is 6.58. The average molecular weight is 349 g/mol. The number of anilines is 1. The first-order chi connectivity index (χ1) is 12.2. The number of nitrogens with zero attached hydrogens (tertiary/aromatic N) is 4. The second kappa shape index (κ2) is 6.83. The summed E-state index contributed by atoms with van der Waals surface area (Å²) in [4.78, 5) is 12.4. The lowest BCUT2D eigenvalue weighted by Crippen LogP contribution is -2.35. The summed E-state index contributed by atoms with van der Waals surface area (Å²) in [5.74, 6) is 0.303. The van der Waals surface area contributed by atoms with Crippen LogP contribution in [0.1, 0.15) is 31.9 Å². The van der Waals surface area contributed by atoms with Crippen LogP contribution in [0.4, 0.5) is 5.82 Å². The van der Waals surface area contributed by atoms with E-state index in [2.05, 4.69) is 15.0 Å². The Hall–Kier alpha value is -1.81. The van der Waals surface area contributed by atoms with Crippen molar-refractivity contribution in [2.24, 2.45) is 0 Å². The van der Waals surface area contributed by atoms with E-state index in [9.17, 15) is 5.11 Å². The highest BCUT2D eigenvalue weighted by Crippen LogP contribution is 2.34. The van der Waals surface area contributed by atoms with Gasteiger partial charge in [-0.25, -0.2) is 15.0 Å². The lowest BCUT2D eigenvalue weighted by Gasteiger charge is -2.19. The van der Waals surface area contributed by atoms with Crippen LogP contribution in [0.3, 0.4) is 0 Å². The van der Waals surface area contributed by atoms with Gasteiger partial charge in [0.1, 0.15) is 30.2 Å². The van der Waals surface area contributed by atoms with E-state index in [1.807, 2.05) is 0 Å². The number of rotatable bonds is 5. The highest BCUT2D eigenvalue weighted by molar-refractivity contribution is 5.81. The van der Waals surface area contributed by atoms with E-state index in [0.29, 0.717) is 23.6 Å². The van der Waals surface area contributed by atoms with Crippen LogP contribution in [0.5, 0.6) is 0 Å². The van der Waals surface area contributed by atoms with Gasteiger partial charge in [0.05, 0.1) is 19.0 Å². The van der Waals surface area contributed by atoms with Gasteiger partial charge in [0.25, 0.3) is 0 Å². The van der Waals surface area contributed by atoms with Crippen molar-refractivity contribution in [1.82, 2.24) is 19.5 Å². The number of hydrogen-bond donors (Lipinski definition) is 2. The summed E-state index contributed by atoms with van der Waals surface area (Å²) < 4.78 is 19.2.